The van der Waals surface area contributed by atoms with Crippen molar-refractivity contribution in [3.8, 4) is 5.75 Å². The maximum absolute atomic E-state index is 13.4. The second kappa shape index (κ2) is 6.85. The maximum atomic E-state index is 13.4. The van der Waals surface area contributed by atoms with Gasteiger partial charge in [-0.15, -0.1) is 0 Å². The van der Waals surface area contributed by atoms with Crippen molar-refractivity contribution in [2.24, 2.45) is 0 Å². The minimum Gasteiger partial charge on any atom is -0.486 e. The third-order valence-corrected chi connectivity index (χ3v) is 2.61. The van der Waals surface area contributed by atoms with Crippen LogP contribution in [0.1, 0.15) is 13.8 Å². The normalized spacial score (nSPS) is 10.8. The Kier molecular flexibility index (Phi) is 5.75. The molecule has 1 aromatic carbocycles. The Balaban J connectivity index is 2.56. The van der Waals surface area contributed by atoms with Crippen molar-refractivity contribution in [2.75, 3.05) is 13.2 Å². The van der Waals surface area contributed by atoms with E-state index in [1.54, 1.807) is 0 Å². The number of hydrogen-bond donors (Lipinski definition) is 1. The van der Waals surface area contributed by atoms with Gasteiger partial charge < -0.3 is 10.1 Å². The summed E-state index contributed by atoms with van der Waals surface area (Å²) in [7, 11) is 0. The van der Waals surface area contributed by atoms with Crippen LogP contribution in [-0.2, 0) is 0 Å². The lowest BCUT2D eigenvalue weighted by atomic mass is 10.3. The lowest BCUT2D eigenvalue weighted by Crippen LogP contribution is -2.26. The molecule has 0 unspecified atom stereocenters. The Morgan fingerprint density at radius 3 is 2.72 bits per heavy atom. The summed E-state index contributed by atoms with van der Waals surface area (Å²) >= 11 is 3.08. The molecule has 0 heterocycles. The Labute approximate surface area is 114 Å². The molecule has 1 N–H and O–H groups in total. The molecule has 0 radical (unpaired) electrons. The molecule has 0 saturated heterocycles. The highest BCUT2D eigenvalue weighted by Crippen LogP contribution is 2.25. The van der Waals surface area contributed by atoms with E-state index in [2.05, 4.69) is 27.8 Å². The lowest BCUT2D eigenvalue weighted by molar-refractivity contribution is 0.320. The molecule has 0 atom stereocenters. The van der Waals surface area contributed by atoms with Gasteiger partial charge in [-0.1, -0.05) is 36.4 Å². The van der Waals surface area contributed by atoms with Crippen LogP contribution in [-0.4, -0.2) is 19.2 Å². The van der Waals surface area contributed by atoms with Gasteiger partial charge in [0.15, 0.2) is 11.6 Å². The second-order valence-corrected chi connectivity index (χ2v) is 5.19. The van der Waals surface area contributed by atoms with E-state index in [1.165, 1.54) is 6.07 Å². The van der Waals surface area contributed by atoms with Crippen LogP contribution in [0.3, 0.4) is 0 Å². The van der Waals surface area contributed by atoms with Crippen molar-refractivity contribution in [1.29, 1.82) is 0 Å². The highest BCUT2D eigenvalue weighted by molar-refractivity contribution is 9.10. The van der Waals surface area contributed by atoms with Crippen molar-refractivity contribution >= 4 is 15.9 Å². The Morgan fingerprint density at radius 1 is 1.44 bits per heavy atom. The first-order valence-electron chi connectivity index (χ1n) is 5.57. The summed E-state index contributed by atoms with van der Waals surface area (Å²) in [5.74, 6) is -2.04. The number of benzene rings is 1. The monoisotopic (exact) mass is 319 g/mol. The van der Waals surface area contributed by atoms with E-state index in [0.717, 1.165) is 11.6 Å². The van der Waals surface area contributed by atoms with Crippen LogP contribution in [0.5, 0.6) is 5.75 Å². The Bertz CT molecular complexity index is 435. The summed E-state index contributed by atoms with van der Waals surface area (Å²) in [6.07, 6.45) is 0. The van der Waals surface area contributed by atoms with Gasteiger partial charge in [-0.25, -0.2) is 4.39 Å². The molecule has 100 valence electrons. The van der Waals surface area contributed by atoms with Crippen LogP contribution in [0.15, 0.2) is 28.8 Å². The largest absolute Gasteiger partial charge is 0.486 e. The SMILES string of the molecule is C=C(CNC(C)C)COc1cc(Br)cc(F)c1F. The van der Waals surface area contributed by atoms with E-state index in [-0.39, 0.29) is 12.4 Å². The van der Waals surface area contributed by atoms with Gasteiger partial charge in [0.05, 0.1) is 0 Å². The third-order valence-electron chi connectivity index (χ3n) is 2.15. The van der Waals surface area contributed by atoms with E-state index in [0.29, 0.717) is 17.1 Å². The molecule has 0 aliphatic carbocycles. The van der Waals surface area contributed by atoms with Crippen LogP contribution >= 0.6 is 15.9 Å². The molecule has 2 nitrogen and oxygen atoms in total. The van der Waals surface area contributed by atoms with E-state index in [1.807, 2.05) is 13.8 Å². The fourth-order valence-corrected chi connectivity index (χ4v) is 1.63. The molecule has 0 aliphatic rings. The molecule has 18 heavy (non-hydrogen) atoms. The summed E-state index contributed by atoms with van der Waals surface area (Å²) in [6.45, 7) is 8.55. The zero-order chi connectivity index (χ0) is 13.7. The molecular weight excluding hydrogens is 304 g/mol. The van der Waals surface area contributed by atoms with Gasteiger partial charge in [-0.3, -0.25) is 0 Å². The molecule has 0 aromatic heterocycles. The minimum atomic E-state index is -0.984. The predicted molar refractivity (Wildman–Crippen MR) is 71.8 cm³/mol. The number of rotatable bonds is 6. The van der Waals surface area contributed by atoms with Crippen LogP contribution in [0.2, 0.25) is 0 Å². The summed E-state index contributed by atoms with van der Waals surface area (Å²) in [6, 6.07) is 2.78. The average molecular weight is 320 g/mol. The Hall–Kier alpha value is -0.940. The van der Waals surface area contributed by atoms with Crippen LogP contribution < -0.4 is 10.1 Å². The van der Waals surface area contributed by atoms with Crippen LogP contribution in [0.4, 0.5) is 8.78 Å². The number of halogens is 3. The molecule has 1 rings (SSSR count). The molecule has 5 heteroatoms. The first-order chi connectivity index (χ1) is 8.40. The predicted octanol–water partition coefficient (Wildman–Crippen LogP) is 3.66. The van der Waals surface area contributed by atoms with Crippen LogP contribution in [0.25, 0.3) is 0 Å². The summed E-state index contributed by atoms with van der Waals surface area (Å²) in [5, 5.41) is 3.16. The minimum absolute atomic E-state index is 0.118. The van der Waals surface area contributed by atoms with Gasteiger partial charge in [0.2, 0.25) is 5.82 Å². The lowest BCUT2D eigenvalue weighted by Gasteiger charge is -2.12. The van der Waals surface area contributed by atoms with Crippen molar-refractivity contribution in [1.82, 2.24) is 5.32 Å². The van der Waals surface area contributed by atoms with Gasteiger partial charge >= 0.3 is 0 Å². The fourth-order valence-electron chi connectivity index (χ4n) is 1.22. The second-order valence-electron chi connectivity index (χ2n) is 4.27. The number of nitrogens with one attached hydrogen (secondary N) is 1. The van der Waals surface area contributed by atoms with E-state index in [9.17, 15) is 8.78 Å². The Morgan fingerprint density at radius 2 is 2.11 bits per heavy atom. The number of hydrogen-bond acceptors (Lipinski definition) is 2. The van der Waals surface area contributed by atoms with Crippen molar-refractivity contribution in [2.45, 2.75) is 19.9 Å². The van der Waals surface area contributed by atoms with Crippen LogP contribution in [0, 0.1) is 11.6 Å². The topological polar surface area (TPSA) is 21.3 Å². The molecule has 0 fully saturated rings. The van der Waals surface area contributed by atoms with E-state index < -0.39 is 11.6 Å². The van der Waals surface area contributed by atoms with Crippen molar-refractivity contribution in [3.63, 3.8) is 0 Å². The zero-order valence-electron chi connectivity index (χ0n) is 10.4. The van der Waals surface area contributed by atoms with E-state index >= 15 is 0 Å². The highest BCUT2D eigenvalue weighted by atomic mass is 79.9. The zero-order valence-corrected chi connectivity index (χ0v) is 12.0. The number of ether oxygens (including phenoxy) is 1. The summed E-state index contributed by atoms with van der Waals surface area (Å²) in [5.41, 5.74) is 0.767. The van der Waals surface area contributed by atoms with E-state index in [4.69, 9.17) is 4.74 Å². The first-order valence-corrected chi connectivity index (χ1v) is 6.37. The standard InChI is InChI=1S/C13H16BrF2NO/c1-8(2)17-6-9(3)7-18-12-5-10(14)4-11(15)13(12)16/h4-5,8,17H,3,6-7H2,1-2H3. The van der Waals surface area contributed by atoms with Gasteiger partial charge in [0.1, 0.15) is 6.61 Å². The van der Waals surface area contributed by atoms with Crippen molar-refractivity contribution in [3.05, 3.63) is 40.4 Å². The molecule has 0 bridgehead atoms. The molecular formula is C13H16BrF2NO. The quantitative estimate of drug-likeness (QED) is 0.638. The summed E-state index contributed by atoms with van der Waals surface area (Å²) < 4.78 is 32.1. The molecule has 0 spiro atoms. The molecule has 1 aromatic rings. The highest BCUT2D eigenvalue weighted by Gasteiger charge is 2.11. The fraction of sp³-hybridized carbons (Fsp3) is 0.385. The molecule has 0 amide bonds. The summed E-state index contributed by atoms with van der Waals surface area (Å²) in [4.78, 5) is 0. The first kappa shape index (κ1) is 15.1. The smallest absolute Gasteiger partial charge is 0.200 e. The van der Waals surface area contributed by atoms with Crippen molar-refractivity contribution < 1.29 is 13.5 Å². The third kappa shape index (κ3) is 4.74. The van der Waals surface area contributed by atoms with Gasteiger partial charge in [-0.05, 0) is 17.7 Å². The average Bonchev–Trinajstić information content (AvgIpc) is 2.29. The maximum Gasteiger partial charge on any atom is 0.200 e. The molecule has 0 aliphatic heterocycles. The van der Waals surface area contributed by atoms with Gasteiger partial charge in [0.25, 0.3) is 0 Å². The van der Waals surface area contributed by atoms with Gasteiger partial charge in [0, 0.05) is 17.1 Å². The molecule has 0 saturated carbocycles. The van der Waals surface area contributed by atoms with Gasteiger partial charge in [-0.2, -0.15) is 4.39 Å².